The van der Waals surface area contributed by atoms with Crippen LogP contribution in [0.15, 0.2) is 57.8 Å². The molecular weight excluding hydrogens is 430 g/mol. The van der Waals surface area contributed by atoms with Gasteiger partial charge in [-0.25, -0.2) is 13.4 Å². The van der Waals surface area contributed by atoms with Crippen LogP contribution < -0.4 is 10.5 Å². The summed E-state index contributed by atoms with van der Waals surface area (Å²) in [5.41, 5.74) is 0.439. The lowest BCUT2D eigenvalue weighted by molar-refractivity contribution is -0.385. The molecule has 0 atom stereocenters. The van der Waals surface area contributed by atoms with Crippen LogP contribution in [0.3, 0.4) is 0 Å². The number of nitrogens with zero attached hydrogens (tertiary/aromatic N) is 4. The van der Waals surface area contributed by atoms with Crippen molar-refractivity contribution in [2.45, 2.75) is 4.21 Å². The van der Waals surface area contributed by atoms with Crippen molar-refractivity contribution < 1.29 is 13.3 Å². The molecule has 0 spiro atoms. The van der Waals surface area contributed by atoms with Gasteiger partial charge in [0, 0.05) is 54.9 Å². The van der Waals surface area contributed by atoms with Crippen LogP contribution in [0.25, 0.3) is 10.4 Å². The Morgan fingerprint density at radius 3 is 2.43 bits per heavy atom. The van der Waals surface area contributed by atoms with Gasteiger partial charge in [0.25, 0.3) is 15.7 Å². The maximum absolute atomic E-state index is 13.0. The van der Waals surface area contributed by atoms with Gasteiger partial charge in [-0.15, -0.1) is 11.3 Å². The van der Waals surface area contributed by atoms with E-state index < -0.39 is 14.9 Å². The number of aromatic nitrogens is 2. The molecule has 1 fully saturated rings. The third-order valence-electron chi connectivity index (χ3n) is 4.75. The van der Waals surface area contributed by atoms with Crippen LogP contribution in [-0.2, 0) is 10.0 Å². The van der Waals surface area contributed by atoms with Crippen LogP contribution in [0.2, 0.25) is 0 Å². The minimum atomic E-state index is -3.64. The summed E-state index contributed by atoms with van der Waals surface area (Å²) in [4.78, 5) is 30.8. The predicted molar refractivity (Wildman–Crippen MR) is 112 cm³/mol. The van der Waals surface area contributed by atoms with Gasteiger partial charge in [-0.2, -0.15) is 4.31 Å². The highest BCUT2D eigenvalue weighted by Gasteiger charge is 2.30. The minimum Gasteiger partial charge on any atom is -0.354 e. The monoisotopic (exact) mass is 447 g/mol. The Morgan fingerprint density at radius 2 is 1.83 bits per heavy atom. The van der Waals surface area contributed by atoms with E-state index in [0.29, 0.717) is 18.9 Å². The molecule has 0 aliphatic carbocycles. The number of piperazine rings is 1. The summed E-state index contributed by atoms with van der Waals surface area (Å²) in [6.45, 7) is 1.43. The van der Waals surface area contributed by atoms with Crippen LogP contribution in [0, 0.1) is 10.1 Å². The van der Waals surface area contributed by atoms with Crippen molar-refractivity contribution in [3.8, 4) is 10.4 Å². The summed E-state index contributed by atoms with van der Waals surface area (Å²) >= 11 is 1.15. The molecule has 10 nitrogen and oxygen atoms in total. The Labute approximate surface area is 175 Å². The van der Waals surface area contributed by atoms with E-state index in [9.17, 15) is 23.3 Å². The van der Waals surface area contributed by atoms with Gasteiger partial charge in [-0.3, -0.25) is 14.9 Å². The fourth-order valence-corrected chi connectivity index (χ4v) is 6.01. The highest BCUT2D eigenvalue weighted by atomic mass is 32.2. The van der Waals surface area contributed by atoms with Crippen LogP contribution >= 0.6 is 11.3 Å². The average molecular weight is 447 g/mol. The molecule has 3 aromatic heterocycles. The van der Waals surface area contributed by atoms with E-state index in [1.165, 1.54) is 22.6 Å². The maximum Gasteiger partial charge on any atom is 0.287 e. The lowest BCUT2D eigenvalue weighted by Crippen LogP contribution is -2.48. The predicted octanol–water partition coefficient (Wildman–Crippen LogP) is 1.92. The minimum absolute atomic E-state index is 0.0871. The summed E-state index contributed by atoms with van der Waals surface area (Å²) in [6.07, 6.45) is 2.75. The van der Waals surface area contributed by atoms with Gasteiger partial charge in [0.05, 0.1) is 4.92 Å². The van der Waals surface area contributed by atoms with E-state index in [2.05, 4.69) is 9.97 Å². The number of nitrogens with one attached hydrogen (secondary N) is 1. The van der Waals surface area contributed by atoms with Crippen molar-refractivity contribution in [2.24, 2.45) is 0 Å². The number of nitro groups is 1. The zero-order valence-electron chi connectivity index (χ0n) is 15.6. The largest absolute Gasteiger partial charge is 0.354 e. The quantitative estimate of drug-likeness (QED) is 0.467. The summed E-state index contributed by atoms with van der Waals surface area (Å²) in [5.74, 6) is 0.578. The van der Waals surface area contributed by atoms with E-state index in [1.54, 1.807) is 30.5 Å². The van der Waals surface area contributed by atoms with Crippen LogP contribution in [0.4, 0.5) is 11.5 Å². The van der Waals surface area contributed by atoms with E-state index in [-0.39, 0.29) is 28.5 Å². The van der Waals surface area contributed by atoms with Gasteiger partial charge in [0.1, 0.15) is 16.2 Å². The molecule has 0 aromatic carbocycles. The van der Waals surface area contributed by atoms with Gasteiger partial charge in [0.2, 0.25) is 5.56 Å². The average Bonchev–Trinajstić information content (AvgIpc) is 3.26. The Bertz CT molecular complexity index is 1210. The first-order valence-corrected chi connectivity index (χ1v) is 11.2. The van der Waals surface area contributed by atoms with Crippen molar-refractivity contribution in [1.82, 2.24) is 14.3 Å². The zero-order chi connectivity index (χ0) is 21.3. The molecular formula is C18H17N5O5S2. The molecule has 30 heavy (non-hydrogen) atoms. The molecule has 0 bridgehead atoms. The number of pyridine rings is 2. The topological polar surface area (TPSA) is 130 Å². The molecule has 1 N–H and O–H groups in total. The number of rotatable bonds is 5. The molecule has 1 saturated heterocycles. The van der Waals surface area contributed by atoms with Crippen molar-refractivity contribution in [2.75, 3.05) is 31.1 Å². The molecule has 0 radical (unpaired) electrons. The summed E-state index contributed by atoms with van der Waals surface area (Å²) < 4.78 is 27.7. The van der Waals surface area contributed by atoms with Crippen molar-refractivity contribution in [3.05, 3.63) is 69.3 Å². The molecule has 12 heteroatoms. The molecule has 1 aliphatic rings. The fourth-order valence-electron chi connectivity index (χ4n) is 3.14. The maximum atomic E-state index is 13.0. The van der Waals surface area contributed by atoms with E-state index in [4.69, 9.17) is 0 Å². The van der Waals surface area contributed by atoms with Gasteiger partial charge in [0.15, 0.2) is 0 Å². The second-order valence-electron chi connectivity index (χ2n) is 6.58. The zero-order valence-corrected chi connectivity index (χ0v) is 17.2. The van der Waals surface area contributed by atoms with E-state index in [0.717, 1.165) is 21.8 Å². The molecule has 4 rings (SSSR count). The summed E-state index contributed by atoms with van der Waals surface area (Å²) in [5, 5.41) is 10.7. The number of aromatic amines is 1. The number of H-pyrrole nitrogens is 1. The Balaban J connectivity index is 1.45. The smallest absolute Gasteiger partial charge is 0.287 e. The molecule has 4 heterocycles. The first-order chi connectivity index (χ1) is 14.3. The second-order valence-corrected chi connectivity index (χ2v) is 9.83. The van der Waals surface area contributed by atoms with E-state index in [1.807, 2.05) is 4.90 Å². The molecule has 3 aromatic rings. The summed E-state index contributed by atoms with van der Waals surface area (Å²) in [7, 11) is -3.64. The SMILES string of the molecule is O=c1ccc(-c2ccc(S(=O)(=O)N3CCN(c4ccc([N+](=O)[O-])cn4)CC3)s2)c[nH]1. The van der Waals surface area contributed by atoms with Gasteiger partial charge in [-0.05, 0) is 24.3 Å². The number of hydrogen-bond donors (Lipinski definition) is 1. The van der Waals surface area contributed by atoms with Crippen molar-refractivity contribution in [3.63, 3.8) is 0 Å². The lowest BCUT2D eigenvalue weighted by atomic mass is 10.2. The van der Waals surface area contributed by atoms with Crippen LogP contribution in [0.1, 0.15) is 0 Å². The van der Waals surface area contributed by atoms with Gasteiger partial charge >= 0.3 is 0 Å². The van der Waals surface area contributed by atoms with Gasteiger partial charge < -0.3 is 9.88 Å². The van der Waals surface area contributed by atoms with Crippen LogP contribution in [0.5, 0.6) is 0 Å². The Hall–Kier alpha value is -3.09. The Morgan fingerprint density at radius 1 is 1.07 bits per heavy atom. The molecule has 1 aliphatic heterocycles. The van der Waals surface area contributed by atoms with Crippen molar-refractivity contribution >= 4 is 32.9 Å². The third-order valence-corrected chi connectivity index (χ3v) is 8.25. The Kier molecular flexibility index (Phi) is 5.37. The van der Waals surface area contributed by atoms with Crippen molar-refractivity contribution in [1.29, 1.82) is 0 Å². The second kappa shape index (κ2) is 7.97. The fraction of sp³-hybridized carbons (Fsp3) is 0.222. The summed E-state index contributed by atoms with van der Waals surface area (Å²) in [6, 6.07) is 9.30. The van der Waals surface area contributed by atoms with Gasteiger partial charge in [-0.1, -0.05) is 0 Å². The highest BCUT2D eigenvalue weighted by molar-refractivity contribution is 7.91. The third kappa shape index (κ3) is 3.97. The van der Waals surface area contributed by atoms with E-state index >= 15 is 0 Å². The normalized spacial score (nSPS) is 15.3. The standard InChI is InChI=1S/C18H17N5O5S2/c24-17-5-1-13(11-20-17)15-3-6-18(29-15)30(27,28)22-9-7-21(8-10-22)16-4-2-14(12-19-16)23(25)26/h1-6,11-12H,7-10H2,(H,20,24). The molecule has 156 valence electrons. The molecule has 0 amide bonds. The number of anilines is 1. The molecule has 0 saturated carbocycles. The first kappa shape index (κ1) is 20.2. The number of thiophene rings is 1. The number of hydrogen-bond acceptors (Lipinski definition) is 8. The van der Waals surface area contributed by atoms with Crippen LogP contribution in [-0.4, -0.2) is 53.8 Å². The first-order valence-electron chi connectivity index (χ1n) is 8.99. The lowest BCUT2D eigenvalue weighted by Gasteiger charge is -2.34. The number of sulfonamides is 1. The molecule has 0 unspecified atom stereocenters. The highest BCUT2D eigenvalue weighted by Crippen LogP contribution is 2.32.